The molecule has 0 bridgehead atoms. The van der Waals surface area contributed by atoms with Gasteiger partial charge in [-0.3, -0.25) is 15.0 Å². The van der Waals surface area contributed by atoms with Gasteiger partial charge in [0.05, 0.1) is 0 Å². The highest BCUT2D eigenvalue weighted by Crippen LogP contribution is 2.44. The monoisotopic (exact) mass is 182 g/mol. The van der Waals surface area contributed by atoms with Gasteiger partial charge >= 0.3 is 5.97 Å². The molecule has 72 valence electrons. The molecular weight excluding hydrogens is 168 g/mol. The Morgan fingerprint density at radius 1 is 1.46 bits per heavy atom. The largest absolute Gasteiger partial charge is 0.480 e. The van der Waals surface area contributed by atoms with Crippen LogP contribution in [0.15, 0.2) is 0 Å². The molecular formula is C9H14N2O2. The molecule has 4 atom stereocenters. The Balaban J connectivity index is 1.85. The molecule has 13 heavy (non-hydrogen) atoms. The SMILES string of the molecule is O=C(O)C1C2CCCC3NCN1C32. The number of nitrogens with zero attached hydrogens (tertiary/aromatic N) is 1. The van der Waals surface area contributed by atoms with Crippen molar-refractivity contribution in [1.82, 2.24) is 10.2 Å². The van der Waals surface area contributed by atoms with Gasteiger partial charge in [0.2, 0.25) is 0 Å². The van der Waals surface area contributed by atoms with Crippen LogP contribution in [0.4, 0.5) is 0 Å². The molecule has 0 aromatic rings. The molecule has 2 N–H and O–H groups in total. The minimum atomic E-state index is -0.634. The van der Waals surface area contributed by atoms with Crippen LogP contribution in [-0.4, -0.2) is 40.8 Å². The van der Waals surface area contributed by atoms with Crippen molar-refractivity contribution < 1.29 is 9.90 Å². The molecule has 4 heteroatoms. The molecule has 0 radical (unpaired) electrons. The van der Waals surface area contributed by atoms with Crippen molar-refractivity contribution >= 4 is 5.97 Å². The third-order valence-electron chi connectivity index (χ3n) is 3.84. The molecule has 1 aliphatic carbocycles. The maximum atomic E-state index is 11.0. The summed E-state index contributed by atoms with van der Waals surface area (Å²) in [6.45, 7) is 0.781. The van der Waals surface area contributed by atoms with E-state index in [2.05, 4.69) is 10.2 Å². The van der Waals surface area contributed by atoms with E-state index in [-0.39, 0.29) is 6.04 Å². The number of hydrogen-bond acceptors (Lipinski definition) is 3. The van der Waals surface area contributed by atoms with E-state index in [4.69, 9.17) is 5.11 Å². The zero-order chi connectivity index (χ0) is 9.00. The lowest BCUT2D eigenvalue weighted by Gasteiger charge is -2.52. The van der Waals surface area contributed by atoms with Crippen LogP contribution in [0.5, 0.6) is 0 Å². The number of hydrogen-bond donors (Lipinski definition) is 2. The number of carbonyl (C=O) groups is 1. The van der Waals surface area contributed by atoms with E-state index in [1.165, 1.54) is 12.8 Å². The molecule has 2 heterocycles. The van der Waals surface area contributed by atoms with Crippen LogP contribution < -0.4 is 5.32 Å². The van der Waals surface area contributed by atoms with Crippen molar-refractivity contribution in [1.29, 1.82) is 0 Å². The Morgan fingerprint density at radius 2 is 2.31 bits per heavy atom. The van der Waals surface area contributed by atoms with E-state index in [1.807, 2.05) is 0 Å². The van der Waals surface area contributed by atoms with Gasteiger partial charge in [0.15, 0.2) is 0 Å². The van der Waals surface area contributed by atoms with Gasteiger partial charge in [-0.15, -0.1) is 0 Å². The molecule has 3 aliphatic rings. The number of rotatable bonds is 1. The van der Waals surface area contributed by atoms with Gasteiger partial charge < -0.3 is 5.11 Å². The Hall–Kier alpha value is -0.610. The van der Waals surface area contributed by atoms with Crippen molar-refractivity contribution in [2.75, 3.05) is 6.67 Å². The first-order chi connectivity index (χ1) is 6.29. The molecule has 3 fully saturated rings. The minimum absolute atomic E-state index is 0.192. The maximum Gasteiger partial charge on any atom is 0.321 e. The van der Waals surface area contributed by atoms with Crippen LogP contribution in [0.3, 0.4) is 0 Å². The van der Waals surface area contributed by atoms with Gasteiger partial charge in [0, 0.05) is 24.7 Å². The summed E-state index contributed by atoms with van der Waals surface area (Å²) in [5.74, 6) is -0.211. The van der Waals surface area contributed by atoms with Gasteiger partial charge in [-0.05, 0) is 12.8 Å². The summed E-state index contributed by atoms with van der Waals surface area (Å²) in [5, 5.41) is 12.4. The quantitative estimate of drug-likeness (QED) is 0.592. The second kappa shape index (κ2) is 2.45. The Bertz CT molecular complexity index is 256. The number of carboxylic acids is 1. The summed E-state index contributed by atoms with van der Waals surface area (Å²) in [6.07, 6.45) is 3.52. The zero-order valence-corrected chi connectivity index (χ0v) is 7.44. The Labute approximate surface area is 76.9 Å². The van der Waals surface area contributed by atoms with E-state index < -0.39 is 5.97 Å². The lowest BCUT2D eigenvalue weighted by Crippen LogP contribution is -2.67. The van der Waals surface area contributed by atoms with E-state index >= 15 is 0 Å². The first kappa shape index (κ1) is 7.76. The second-order valence-electron chi connectivity index (χ2n) is 4.35. The van der Waals surface area contributed by atoms with Crippen molar-refractivity contribution in [3.8, 4) is 0 Å². The van der Waals surface area contributed by atoms with Crippen molar-refractivity contribution in [2.45, 2.75) is 37.4 Å². The summed E-state index contributed by atoms with van der Waals surface area (Å²) in [5.41, 5.74) is 0. The normalized spacial score (nSPS) is 48.3. The predicted molar refractivity (Wildman–Crippen MR) is 46.2 cm³/mol. The highest BCUT2D eigenvalue weighted by molar-refractivity contribution is 5.75. The average Bonchev–Trinajstić information content (AvgIpc) is 2.43. The first-order valence-corrected chi connectivity index (χ1v) is 5.01. The van der Waals surface area contributed by atoms with Gasteiger partial charge in [-0.1, -0.05) is 6.42 Å². The third kappa shape index (κ3) is 0.849. The van der Waals surface area contributed by atoms with Crippen LogP contribution in [0.2, 0.25) is 0 Å². The fourth-order valence-corrected chi connectivity index (χ4v) is 3.34. The summed E-state index contributed by atoms with van der Waals surface area (Å²) in [6, 6.07) is 0.923. The van der Waals surface area contributed by atoms with E-state index in [9.17, 15) is 4.79 Å². The highest BCUT2D eigenvalue weighted by atomic mass is 16.4. The fourth-order valence-electron chi connectivity index (χ4n) is 3.34. The van der Waals surface area contributed by atoms with Gasteiger partial charge in [0.25, 0.3) is 0 Å². The summed E-state index contributed by atoms with van der Waals surface area (Å²) >= 11 is 0. The highest BCUT2D eigenvalue weighted by Gasteiger charge is 2.58. The van der Waals surface area contributed by atoms with Crippen molar-refractivity contribution in [3.05, 3.63) is 0 Å². The van der Waals surface area contributed by atoms with Crippen LogP contribution in [-0.2, 0) is 4.79 Å². The van der Waals surface area contributed by atoms with Crippen molar-refractivity contribution in [3.63, 3.8) is 0 Å². The topological polar surface area (TPSA) is 52.6 Å². The van der Waals surface area contributed by atoms with Gasteiger partial charge in [-0.2, -0.15) is 0 Å². The number of carboxylic acid groups (broad SMARTS) is 1. The van der Waals surface area contributed by atoms with Crippen LogP contribution >= 0.6 is 0 Å². The van der Waals surface area contributed by atoms with Crippen LogP contribution in [0.1, 0.15) is 19.3 Å². The molecule has 2 saturated heterocycles. The standard InChI is InChI=1S/C9H14N2O2/c12-9(13)8-5-2-1-3-6-7(5)11(8)4-10-6/h5-8,10H,1-4H2,(H,12,13). The van der Waals surface area contributed by atoms with Gasteiger partial charge in [0.1, 0.15) is 6.04 Å². The second-order valence-corrected chi connectivity index (χ2v) is 4.35. The summed E-state index contributed by atoms with van der Waals surface area (Å²) < 4.78 is 0. The van der Waals surface area contributed by atoms with Crippen LogP contribution in [0.25, 0.3) is 0 Å². The molecule has 4 nitrogen and oxygen atoms in total. The van der Waals surface area contributed by atoms with Crippen LogP contribution in [0, 0.1) is 5.92 Å². The molecule has 3 rings (SSSR count). The lowest BCUT2D eigenvalue weighted by molar-refractivity contribution is -0.160. The smallest absolute Gasteiger partial charge is 0.321 e. The molecule has 0 aromatic heterocycles. The third-order valence-corrected chi connectivity index (χ3v) is 3.84. The first-order valence-electron chi connectivity index (χ1n) is 5.01. The summed E-state index contributed by atoms with van der Waals surface area (Å²) in [4.78, 5) is 13.1. The summed E-state index contributed by atoms with van der Waals surface area (Å²) in [7, 11) is 0. The molecule has 0 spiro atoms. The Morgan fingerprint density at radius 3 is 3.08 bits per heavy atom. The lowest BCUT2D eigenvalue weighted by atomic mass is 9.70. The van der Waals surface area contributed by atoms with E-state index in [1.54, 1.807) is 0 Å². The minimum Gasteiger partial charge on any atom is -0.480 e. The van der Waals surface area contributed by atoms with E-state index in [0.29, 0.717) is 18.0 Å². The Kier molecular flexibility index (Phi) is 1.46. The zero-order valence-electron chi connectivity index (χ0n) is 7.44. The molecule has 0 amide bonds. The van der Waals surface area contributed by atoms with E-state index in [0.717, 1.165) is 13.1 Å². The fraction of sp³-hybridized carbons (Fsp3) is 0.889. The molecule has 2 aliphatic heterocycles. The average molecular weight is 182 g/mol. The van der Waals surface area contributed by atoms with Gasteiger partial charge in [-0.25, -0.2) is 0 Å². The predicted octanol–water partition coefficient (Wildman–Crippen LogP) is -0.147. The van der Waals surface area contributed by atoms with Crippen molar-refractivity contribution in [2.24, 2.45) is 5.92 Å². The maximum absolute atomic E-state index is 11.0. The number of aliphatic carboxylic acids is 1. The number of nitrogens with one attached hydrogen (secondary N) is 1. The molecule has 0 aromatic carbocycles. The molecule has 4 unspecified atom stereocenters. The molecule has 1 saturated carbocycles.